The summed E-state index contributed by atoms with van der Waals surface area (Å²) in [6.07, 6.45) is 0. The lowest BCUT2D eigenvalue weighted by Crippen LogP contribution is -2.36. The molecule has 1 aliphatic heterocycles. The van der Waals surface area contributed by atoms with Gasteiger partial charge in [0.2, 0.25) is 11.1 Å². The topological polar surface area (TPSA) is 92.4 Å². The molecule has 4 rings (SSSR count). The van der Waals surface area contributed by atoms with E-state index in [1.807, 2.05) is 31.2 Å². The van der Waals surface area contributed by atoms with Gasteiger partial charge in [-0.1, -0.05) is 23.4 Å². The van der Waals surface area contributed by atoms with E-state index in [-0.39, 0.29) is 11.2 Å². The normalized spacial score (nSPS) is 14.8. The summed E-state index contributed by atoms with van der Waals surface area (Å²) in [6, 6.07) is 13.1. The van der Waals surface area contributed by atoms with E-state index in [2.05, 4.69) is 25.4 Å². The van der Waals surface area contributed by atoms with Crippen molar-refractivity contribution in [2.24, 2.45) is 0 Å². The van der Waals surface area contributed by atoms with Gasteiger partial charge in [0, 0.05) is 29.5 Å². The summed E-state index contributed by atoms with van der Waals surface area (Å²) in [6.45, 7) is 5.04. The molecule has 2 aromatic carbocycles. The summed E-state index contributed by atoms with van der Waals surface area (Å²) in [5, 5.41) is 10.7. The predicted molar refractivity (Wildman–Crippen MR) is 127 cm³/mol. The lowest BCUT2D eigenvalue weighted by atomic mass is 10.2. The van der Waals surface area contributed by atoms with Crippen LogP contribution in [-0.2, 0) is 9.53 Å². The van der Waals surface area contributed by atoms with Crippen LogP contribution in [0.5, 0.6) is 5.75 Å². The van der Waals surface area contributed by atoms with Crippen molar-refractivity contribution >= 4 is 40.6 Å². The first-order valence-electron chi connectivity index (χ1n) is 10.2. The molecular weight excluding hydrogens is 450 g/mol. The van der Waals surface area contributed by atoms with Gasteiger partial charge in [-0.3, -0.25) is 9.89 Å². The van der Waals surface area contributed by atoms with Gasteiger partial charge >= 0.3 is 0 Å². The van der Waals surface area contributed by atoms with Gasteiger partial charge in [-0.05, 0) is 49.4 Å². The molecule has 8 nitrogen and oxygen atoms in total. The Morgan fingerprint density at radius 3 is 2.72 bits per heavy atom. The number of benzene rings is 2. The third kappa shape index (κ3) is 5.35. The molecule has 1 amide bonds. The second kappa shape index (κ2) is 10.2. The van der Waals surface area contributed by atoms with Gasteiger partial charge < -0.3 is 19.7 Å². The first-order valence-corrected chi connectivity index (χ1v) is 11.5. The molecule has 1 aromatic heterocycles. The highest BCUT2D eigenvalue weighted by molar-refractivity contribution is 8.00. The number of aromatic nitrogens is 3. The van der Waals surface area contributed by atoms with Crippen molar-refractivity contribution in [2.45, 2.75) is 17.3 Å². The first kappa shape index (κ1) is 22.4. The van der Waals surface area contributed by atoms with E-state index in [1.54, 1.807) is 25.3 Å². The van der Waals surface area contributed by atoms with Crippen molar-refractivity contribution in [3.05, 3.63) is 47.5 Å². The lowest BCUT2D eigenvalue weighted by molar-refractivity contribution is -0.115. The number of methoxy groups -OCH3 is 1. The van der Waals surface area contributed by atoms with Gasteiger partial charge in [-0.2, -0.15) is 0 Å². The van der Waals surface area contributed by atoms with Crippen LogP contribution in [0, 0.1) is 0 Å². The Morgan fingerprint density at radius 2 is 2.00 bits per heavy atom. The van der Waals surface area contributed by atoms with Gasteiger partial charge in [0.05, 0.1) is 31.1 Å². The monoisotopic (exact) mass is 473 g/mol. The number of anilines is 2. The minimum atomic E-state index is -0.390. The minimum absolute atomic E-state index is 0.124. The molecular formula is C22H24ClN5O3S. The van der Waals surface area contributed by atoms with Gasteiger partial charge in [0.15, 0.2) is 5.82 Å². The van der Waals surface area contributed by atoms with Crippen LogP contribution in [0.1, 0.15) is 6.92 Å². The number of thioether (sulfide) groups is 1. The summed E-state index contributed by atoms with van der Waals surface area (Å²) in [7, 11) is 1.58. The Kier molecular flexibility index (Phi) is 7.19. The number of carbonyl (C=O) groups excluding carboxylic acids is 1. The zero-order chi connectivity index (χ0) is 22.5. The van der Waals surface area contributed by atoms with Crippen LogP contribution in [0.15, 0.2) is 47.6 Å². The molecule has 10 heteroatoms. The Morgan fingerprint density at radius 1 is 1.25 bits per heavy atom. The molecule has 1 atom stereocenters. The number of H-pyrrole nitrogens is 1. The Labute approximate surface area is 195 Å². The SMILES string of the molecule is COc1ccc(Cl)cc1-c1nc(SC(C)C(=O)Nc2ccc(N3CCOCC3)cc2)n[nH]1. The van der Waals surface area contributed by atoms with Crippen molar-refractivity contribution < 1.29 is 14.3 Å². The largest absolute Gasteiger partial charge is 0.496 e. The lowest BCUT2D eigenvalue weighted by Gasteiger charge is -2.28. The maximum Gasteiger partial charge on any atom is 0.237 e. The average Bonchev–Trinajstić information content (AvgIpc) is 3.28. The number of carbonyl (C=O) groups is 1. The molecule has 32 heavy (non-hydrogen) atoms. The maximum absolute atomic E-state index is 12.7. The minimum Gasteiger partial charge on any atom is -0.496 e. The number of nitrogens with one attached hydrogen (secondary N) is 2. The molecule has 2 N–H and O–H groups in total. The van der Waals surface area contributed by atoms with Crippen LogP contribution in [0.3, 0.4) is 0 Å². The van der Waals surface area contributed by atoms with Gasteiger partial charge in [0.25, 0.3) is 0 Å². The number of amides is 1. The van der Waals surface area contributed by atoms with Crippen molar-refractivity contribution in [1.82, 2.24) is 15.2 Å². The van der Waals surface area contributed by atoms with Crippen LogP contribution < -0.4 is 15.0 Å². The Bertz CT molecular complexity index is 1070. The first-order chi connectivity index (χ1) is 15.5. The molecule has 0 bridgehead atoms. The van der Waals surface area contributed by atoms with Crippen LogP contribution in [-0.4, -0.2) is 59.8 Å². The molecule has 2 heterocycles. The summed E-state index contributed by atoms with van der Waals surface area (Å²) in [5.74, 6) is 1.03. The standard InChI is InChI=1S/C22H24ClN5O3S/c1-14(21(29)24-16-4-6-17(7-5-16)28-9-11-31-12-10-28)32-22-25-20(26-27-22)18-13-15(23)3-8-19(18)30-2/h3-8,13-14H,9-12H2,1-2H3,(H,24,29)(H,25,26,27). The fourth-order valence-corrected chi connectivity index (χ4v) is 4.21. The van der Waals surface area contributed by atoms with E-state index < -0.39 is 0 Å². The highest BCUT2D eigenvalue weighted by Gasteiger charge is 2.19. The Balaban J connectivity index is 1.36. The molecule has 1 aliphatic rings. The van der Waals surface area contributed by atoms with Crippen LogP contribution in [0.4, 0.5) is 11.4 Å². The fourth-order valence-electron chi connectivity index (χ4n) is 3.32. The summed E-state index contributed by atoms with van der Waals surface area (Å²) < 4.78 is 10.8. The zero-order valence-corrected chi connectivity index (χ0v) is 19.4. The van der Waals surface area contributed by atoms with E-state index >= 15 is 0 Å². The molecule has 1 fully saturated rings. The van der Waals surface area contributed by atoms with E-state index in [0.717, 1.165) is 37.7 Å². The Hall–Kier alpha value is -2.75. The maximum atomic E-state index is 12.7. The number of ether oxygens (including phenoxy) is 2. The van der Waals surface area contributed by atoms with Crippen LogP contribution in [0.25, 0.3) is 11.4 Å². The summed E-state index contributed by atoms with van der Waals surface area (Å²) in [4.78, 5) is 19.4. The van der Waals surface area contributed by atoms with Crippen LogP contribution in [0.2, 0.25) is 5.02 Å². The highest BCUT2D eigenvalue weighted by atomic mass is 35.5. The highest BCUT2D eigenvalue weighted by Crippen LogP contribution is 2.32. The molecule has 168 valence electrons. The number of halogens is 1. The van der Waals surface area contributed by atoms with Crippen LogP contribution >= 0.6 is 23.4 Å². The summed E-state index contributed by atoms with van der Waals surface area (Å²) in [5.41, 5.74) is 2.58. The van der Waals surface area contributed by atoms with E-state index in [4.69, 9.17) is 21.1 Å². The number of hydrogen-bond donors (Lipinski definition) is 2. The second-order valence-electron chi connectivity index (χ2n) is 7.21. The second-order valence-corrected chi connectivity index (χ2v) is 8.95. The third-order valence-corrected chi connectivity index (χ3v) is 6.24. The number of rotatable bonds is 7. The smallest absolute Gasteiger partial charge is 0.237 e. The number of aromatic amines is 1. The average molecular weight is 474 g/mol. The molecule has 0 radical (unpaired) electrons. The van der Waals surface area contributed by atoms with E-state index in [1.165, 1.54) is 11.8 Å². The number of nitrogens with zero attached hydrogens (tertiary/aromatic N) is 3. The zero-order valence-electron chi connectivity index (χ0n) is 17.8. The van der Waals surface area contributed by atoms with Crippen molar-refractivity contribution in [3.8, 4) is 17.1 Å². The fraction of sp³-hybridized carbons (Fsp3) is 0.318. The van der Waals surface area contributed by atoms with Gasteiger partial charge in [-0.15, -0.1) is 5.10 Å². The quantitative estimate of drug-likeness (QED) is 0.499. The van der Waals surface area contributed by atoms with Crippen molar-refractivity contribution in [2.75, 3.05) is 43.6 Å². The molecule has 0 spiro atoms. The number of morpholine rings is 1. The van der Waals surface area contributed by atoms with Crippen molar-refractivity contribution in [1.29, 1.82) is 0 Å². The molecule has 0 saturated carbocycles. The molecule has 0 aliphatic carbocycles. The predicted octanol–water partition coefficient (Wildman–Crippen LogP) is 4.09. The van der Waals surface area contributed by atoms with E-state index in [0.29, 0.717) is 27.3 Å². The molecule has 1 saturated heterocycles. The summed E-state index contributed by atoms with van der Waals surface area (Å²) >= 11 is 7.37. The molecule has 3 aromatic rings. The van der Waals surface area contributed by atoms with Gasteiger partial charge in [-0.25, -0.2) is 4.98 Å². The third-order valence-electron chi connectivity index (χ3n) is 5.04. The molecule has 1 unspecified atom stereocenters. The van der Waals surface area contributed by atoms with Crippen molar-refractivity contribution in [3.63, 3.8) is 0 Å². The van der Waals surface area contributed by atoms with Gasteiger partial charge in [0.1, 0.15) is 5.75 Å². The number of hydrogen-bond acceptors (Lipinski definition) is 7. The van der Waals surface area contributed by atoms with E-state index in [9.17, 15) is 4.79 Å².